The van der Waals surface area contributed by atoms with Crippen LogP contribution in [0.4, 0.5) is 4.39 Å². The normalized spacial score (nSPS) is 12.7. The van der Waals surface area contributed by atoms with Crippen LogP contribution in [0.3, 0.4) is 0 Å². The smallest absolute Gasteiger partial charge is 0.123 e. The quantitative estimate of drug-likeness (QED) is 0.899. The fourth-order valence-electron chi connectivity index (χ4n) is 2.26. The van der Waals surface area contributed by atoms with E-state index in [4.69, 9.17) is 0 Å². The van der Waals surface area contributed by atoms with Gasteiger partial charge in [0, 0.05) is 18.8 Å². The van der Waals surface area contributed by atoms with E-state index in [9.17, 15) is 4.39 Å². The van der Waals surface area contributed by atoms with Crippen LogP contribution < -0.4 is 5.32 Å². The molecular formula is C14H18FN3. The van der Waals surface area contributed by atoms with Crippen LogP contribution in [0.5, 0.6) is 0 Å². The fraction of sp³-hybridized carbons (Fsp3) is 0.357. The predicted molar refractivity (Wildman–Crippen MR) is 69.9 cm³/mol. The van der Waals surface area contributed by atoms with Gasteiger partial charge in [-0.2, -0.15) is 5.10 Å². The molecule has 1 heterocycles. The maximum atomic E-state index is 13.3. The van der Waals surface area contributed by atoms with Gasteiger partial charge in [0.25, 0.3) is 0 Å². The average molecular weight is 247 g/mol. The summed E-state index contributed by atoms with van der Waals surface area (Å²) >= 11 is 0. The fourth-order valence-corrected chi connectivity index (χ4v) is 2.26. The van der Waals surface area contributed by atoms with Crippen molar-refractivity contribution in [2.24, 2.45) is 7.05 Å². The van der Waals surface area contributed by atoms with Crippen molar-refractivity contribution in [3.8, 4) is 0 Å². The molecule has 1 N–H and O–H groups in total. The Bertz CT molecular complexity index is 534. The first-order valence-corrected chi connectivity index (χ1v) is 6.10. The van der Waals surface area contributed by atoms with Gasteiger partial charge in [-0.05, 0) is 31.2 Å². The lowest BCUT2D eigenvalue weighted by Gasteiger charge is -2.16. The van der Waals surface area contributed by atoms with Crippen molar-refractivity contribution in [1.82, 2.24) is 15.1 Å². The van der Waals surface area contributed by atoms with Crippen LogP contribution in [-0.2, 0) is 13.5 Å². The van der Waals surface area contributed by atoms with E-state index in [0.29, 0.717) is 0 Å². The summed E-state index contributed by atoms with van der Waals surface area (Å²) in [6.07, 6.45) is 2.86. The van der Waals surface area contributed by atoms with Crippen LogP contribution in [0, 0.1) is 5.82 Å². The third kappa shape index (κ3) is 2.43. The molecule has 0 aliphatic rings. The SMILES string of the molecule is CCc1nn(C)cc1C(NC)c1cccc(F)c1. The first-order chi connectivity index (χ1) is 8.65. The van der Waals surface area contributed by atoms with E-state index in [0.717, 1.165) is 23.2 Å². The molecule has 96 valence electrons. The van der Waals surface area contributed by atoms with Gasteiger partial charge in [-0.15, -0.1) is 0 Å². The molecule has 0 fully saturated rings. The lowest BCUT2D eigenvalue weighted by Crippen LogP contribution is -2.18. The van der Waals surface area contributed by atoms with Gasteiger partial charge in [0.05, 0.1) is 11.7 Å². The molecule has 0 radical (unpaired) electrons. The lowest BCUT2D eigenvalue weighted by atomic mass is 9.98. The zero-order valence-electron chi connectivity index (χ0n) is 10.9. The third-order valence-electron chi connectivity index (χ3n) is 3.05. The first-order valence-electron chi connectivity index (χ1n) is 6.10. The van der Waals surface area contributed by atoms with E-state index in [-0.39, 0.29) is 11.9 Å². The van der Waals surface area contributed by atoms with E-state index < -0.39 is 0 Å². The Labute approximate surface area is 107 Å². The van der Waals surface area contributed by atoms with Crippen molar-refractivity contribution < 1.29 is 4.39 Å². The highest BCUT2D eigenvalue weighted by Crippen LogP contribution is 2.25. The summed E-state index contributed by atoms with van der Waals surface area (Å²) in [4.78, 5) is 0. The summed E-state index contributed by atoms with van der Waals surface area (Å²) in [7, 11) is 3.78. The average Bonchev–Trinajstić information content (AvgIpc) is 2.71. The van der Waals surface area contributed by atoms with Crippen LogP contribution in [0.2, 0.25) is 0 Å². The summed E-state index contributed by atoms with van der Waals surface area (Å²) in [5.74, 6) is -0.213. The maximum Gasteiger partial charge on any atom is 0.123 e. The van der Waals surface area contributed by atoms with Crippen LogP contribution in [0.15, 0.2) is 30.5 Å². The predicted octanol–water partition coefficient (Wildman–Crippen LogP) is 2.43. The van der Waals surface area contributed by atoms with Crippen LogP contribution in [-0.4, -0.2) is 16.8 Å². The van der Waals surface area contributed by atoms with E-state index in [1.54, 1.807) is 16.8 Å². The molecule has 2 aromatic rings. The summed E-state index contributed by atoms with van der Waals surface area (Å²) in [5, 5.41) is 7.66. The van der Waals surface area contributed by atoms with Gasteiger partial charge in [0.2, 0.25) is 0 Å². The Kier molecular flexibility index (Phi) is 3.77. The van der Waals surface area contributed by atoms with Gasteiger partial charge in [0.15, 0.2) is 0 Å². The Balaban J connectivity index is 2.44. The molecule has 1 aromatic carbocycles. The number of aromatic nitrogens is 2. The Morgan fingerprint density at radius 3 is 2.83 bits per heavy atom. The molecule has 0 bridgehead atoms. The molecule has 0 amide bonds. The summed E-state index contributed by atoms with van der Waals surface area (Å²) in [6, 6.07) is 6.66. The second-order valence-electron chi connectivity index (χ2n) is 4.34. The second kappa shape index (κ2) is 5.31. The molecule has 1 unspecified atom stereocenters. The molecule has 1 atom stereocenters. The Morgan fingerprint density at radius 2 is 2.22 bits per heavy atom. The van der Waals surface area contributed by atoms with Crippen molar-refractivity contribution in [2.75, 3.05) is 7.05 Å². The highest BCUT2D eigenvalue weighted by atomic mass is 19.1. The molecule has 0 spiro atoms. The van der Waals surface area contributed by atoms with Crippen LogP contribution in [0.25, 0.3) is 0 Å². The van der Waals surface area contributed by atoms with Crippen molar-refractivity contribution in [3.63, 3.8) is 0 Å². The first kappa shape index (κ1) is 12.8. The molecule has 18 heavy (non-hydrogen) atoms. The van der Waals surface area contributed by atoms with Gasteiger partial charge in [-0.3, -0.25) is 4.68 Å². The zero-order chi connectivity index (χ0) is 13.1. The van der Waals surface area contributed by atoms with Crippen molar-refractivity contribution in [1.29, 1.82) is 0 Å². The zero-order valence-corrected chi connectivity index (χ0v) is 10.9. The van der Waals surface area contributed by atoms with Crippen molar-refractivity contribution >= 4 is 0 Å². The standard InChI is InChI=1S/C14H18FN3/c1-4-13-12(9-18(3)17-13)14(16-2)10-6-5-7-11(15)8-10/h5-9,14,16H,4H2,1-3H3. The number of aryl methyl sites for hydroxylation is 2. The molecule has 0 aliphatic heterocycles. The molecular weight excluding hydrogens is 229 g/mol. The second-order valence-corrected chi connectivity index (χ2v) is 4.34. The minimum Gasteiger partial charge on any atom is -0.309 e. The number of benzene rings is 1. The van der Waals surface area contributed by atoms with Gasteiger partial charge >= 0.3 is 0 Å². The highest BCUT2D eigenvalue weighted by molar-refractivity contribution is 5.33. The van der Waals surface area contributed by atoms with Gasteiger partial charge < -0.3 is 5.32 Å². The van der Waals surface area contributed by atoms with Crippen LogP contribution in [0.1, 0.15) is 29.8 Å². The lowest BCUT2D eigenvalue weighted by molar-refractivity contribution is 0.616. The summed E-state index contributed by atoms with van der Waals surface area (Å²) in [6.45, 7) is 2.07. The van der Waals surface area contributed by atoms with Crippen molar-refractivity contribution in [2.45, 2.75) is 19.4 Å². The largest absolute Gasteiger partial charge is 0.309 e. The molecule has 0 aliphatic carbocycles. The van der Waals surface area contributed by atoms with E-state index >= 15 is 0 Å². The van der Waals surface area contributed by atoms with E-state index in [1.807, 2.05) is 26.4 Å². The highest BCUT2D eigenvalue weighted by Gasteiger charge is 2.18. The molecule has 3 nitrogen and oxygen atoms in total. The number of hydrogen-bond donors (Lipinski definition) is 1. The number of hydrogen-bond acceptors (Lipinski definition) is 2. The Morgan fingerprint density at radius 1 is 1.44 bits per heavy atom. The number of halogens is 1. The Hall–Kier alpha value is -1.68. The number of nitrogens with one attached hydrogen (secondary N) is 1. The minimum absolute atomic E-state index is 0.0238. The van der Waals surface area contributed by atoms with E-state index in [2.05, 4.69) is 17.3 Å². The monoisotopic (exact) mass is 247 g/mol. The molecule has 0 saturated carbocycles. The molecule has 0 saturated heterocycles. The van der Waals surface area contributed by atoms with Gasteiger partial charge in [-0.1, -0.05) is 19.1 Å². The number of rotatable bonds is 4. The van der Waals surface area contributed by atoms with Gasteiger partial charge in [0.1, 0.15) is 5.82 Å². The summed E-state index contributed by atoms with van der Waals surface area (Å²) in [5.41, 5.74) is 3.06. The maximum absolute atomic E-state index is 13.3. The molecule has 2 rings (SSSR count). The minimum atomic E-state index is -0.213. The van der Waals surface area contributed by atoms with Gasteiger partial charge in [-0.25, -0.2) is 4.39 Å². The van der Waals surface area contributed by atoms with Crippen molar-refractivity contribution in [3.05, 3.63) is 53.1 Å². The number of nitrogens with zero attached hydrogens (tertiary/aromatic N) is 2. The summed E-state index contributed by atoms with van der Waals surface area (Å²) < 4.78 is 15.1. The third-order valence-corrected chi connectivity index (χ3v) is 3.05. The molecule has 4 heteroatoms. The topological polar surface area (TPSA) is 29.9 Å². The van der Waals surface area contributed by atoms with Crippen LogP contribution >= 0.6 is 0 Å². The van der Waals surface area contributed by atoms with E-state index in [1.165, 1.54) is 6.07 Å². The molecule has 1 aromatic heterocycles.